The van der Waals surface area contributed by atoms with Gasteiger partial charge in [-0.05, 0) is 49.4 Å². The third-order valence-corrected chi connectivity index (χ3v) is 4.57. The van der Waals surface area contributed by atoms with Gasteiger partial charge in [0.1, 0.15) is 0 Å². The monoisotopic (exact) mass is 150 g/mol. The molecule has 0 aromatic carbocycles. The van der Waals surface area contributed by atoms with E-state index in [1.807, 2.05) is 0 Å². The smallest absolute Gasteiger partial charge is 0.0266 e. The van der Waals surface area contributed by atoms with Crippen molar-refractivity contribution in [2.24, 2.45) is 17.3 Å². The fourth-order valence-corrected chi connectivity index (χ4v) is 3.85. The van der Waals surface area contributed by atoms with Gasteiger partial charge in [0.2, 0.25) is 0 Å². The van der Waals surface area contributed by atoms with Gasteiger partial charge in [0.05, 0.1) is 0 Å². The predicted molar refractivity (Wildman–Crippen MR) is 46.3 cm³/mol. The van der Waals surface area contributed by atoms with E-state index in [-0.39, 0.29) is 0 Å². The highest BCUT2D eigenvalue weighted by atomic mass is 14.6. The fraction of sp³-hybridized carbons (Fsp3) is 1.00. The van der Waals surface area contributed by atoms with Gasteiger partial charge in [-0.25, -0.2) is 0 Å². The summed E-state index contributed by atoms with van der Waals surface area (Å²) in [5, 5.41) is 0. The minimum absolute atomic E-state index is 0.906. The Morgan fingerprint density at radius 2 is 1.73 bits per heavy atom. The fourth-order valence-electron chi connectivity index (χ4n) is 3.85. The summed E-state index contributed by atoms with van der Waals surface area (Å²) in [6.07, 6.45) is 12.6. The predicted octanol–water partition coefficient (Wildman–Crippen LogP) is 3.37. The third kappa shape index (κ3) is 0.816. The van der Waals surface area contributed by atoms with Crippen molar-refractivity contribution in [3.8, 4) is 0 Å². The summed E-state index contributed by atoms with van der Waals surface area (Å²) in [6, 6.07) is 0. The van der Waals surface area contributed by atoms with Crippen LogP contribution in [-0.2, 0) is 0 Å². The van der Waals surface area contributed by atoms with Gasteiger partial charge in [0.25, 0.3) is 0 Å². The molecular formula is C11H18. The van der Waals surface area contributed by atoms with E-state index in [0.717, 1.165) is 5.41 Å². The number of hydrogen-bond donors (Lipinski definition) is 0. The van der Waals surface area contributed by atoms with E-state index < -0.39 is 0 Å². The van der Waals surface area contributed by atoms with Crippen molar-refractivity contribution >= 4 is 0 Å². The van der Waals surface area contributed by atoms with E-state index in [1.165, 1.54) is 18.3 Å². The Kier molecular flexibility index (Phi) is 1.20. The zero-order valence-corrected chi connectivity index (χ0v) is 7.31. The average Bonchev–Trinajstić information content (AvgIpc) is 2.77. The van der Waals surface area contributed by atoms with Crippen molar-refractivity contribution in [3.05, 3.63) is 0 Å². The normalized spacial score (nSPS) is 45.8. The van der Waals surface area contributed by atoms with Crippen molar-refractivity contribution in [2.45, 2.75) is 51.4 Å². The van der Waals surface area contributed by atoms with Crippen LogP contribution in [0.25, 0.3) is 0 Å². The first-order valence-electron chi connectivity index (χ1n) is 5.41. The molecule has 0 amide bonds. The average molecular weight is 150 g/mol. The van der Waals surface area contributed by atoms with Gasteiger partial charge in [-0.3, -0.25) is 0 Å². The number of fused-ring (bicyclic) bond motifs is 2. The maximum atomic E-state index is 1.61. The molecule has 0 heteroatoms. The molecule has 62 valence electrons. The molecule has 3 aliphatic carbocycles. The highest BCUT2D eigenvalue weighted by molar-refractivity contribution is 5.06. The molecule has 3 rings (SSSR count). The summed E-state index contributed by atoms with van der Waals surface area (Å²) in [6.45, 7) is 0. The maximum absolute atomic E-state index is 1.61. The molecule has 0 nitrogen and oxygen atoms in total. The molecule has 0 bridgehead atoms. The highest BCUT2D eigenvalue weighted by Crippen LogP contribution is 2.66. The van der Waals surface area contributed by atoms with Crippen molar-refractivity contribution < 1.29 is 0 Å². The van der Waals surface area contributed by atoms with E-state index in [0.29, 0.717) is 0 Å². The van der Waals surface area contributed by atoms with E-state index in [2.05, 4.69) is 0 Å². The largest absolute Gasteiger partial charge is 0.0533 e. The molecule has 3 aliphatic rings. The van der Waals surface area contributed by atoms with Crippen LogP contribution in [0.3, 0.4) is 0 Å². The molecule has 0 heterocycles. The standard InChI is InChI=1S/C11H18/c1-2-5-11(6-3-1)7-4-9-8-10(9)11/h9-10H,1-8H2/t9-,10+/m1/s1. The van der Waals surface area contributed by atoms with Crippen LogP contribution in [0.15, 0.2) is 0 Å². The Labute approximate surface area is 69.4 Å². The zero-order valence-electron chi connectivity index (χ0n) is 7.31. The molecule has 0 aliphatic heterocycles. The third-order valence-electron chi connectivity index (χ3n) is 4.57. The van der Waals surface area contributed by atoms with Crippen LogP contribution in [0.2, 0.25) is 0 Å². The summed E-state index contributed by atoms with van der Waals surface area (Å²) < 4.78 is 0. The van der Waals surface area contributed by atoms with Crippen LogP contribution in [0.1, 0.15) is 51.4 Å². The first-order valence-corrected chi connectivity index (χ1v) is 5.41. The van der Waals surface area contributed by atoms with E-state index in [4.69, 9.17) is 0 Å². The first kappa shape index (κ1) is 6.51. The van der Waals surface area contributed by atoms with E-state index in [9.17, 15) is 0 Å². The summed E-state index contributed by atoms with van der Waals surface area (Å²) in [4.78, 5) is 0. The second-order valence-corrected chi connectivity index (χ2v) is 5.06. The molecule has 0 aromatic rings. The lowest BCUT2D eigenvalue weighted by Crippen LogP contribution is -2.23. The van der Waals surface area contributed by atoms with Crippen LogP contribution in [0.5, 0.6) is 0 Å². The molecule has 0 aromatic heterocycles. The van der Waals surface area contributed by atoms with Crippen LogP contribution in [-0.4, -0.2) is 0 Å². The lowest BCUT2D eigenvalue weighted by Gasteiger charge is -2.35. The Morgan fingerprint density at radius 3 is 2.27 bits per heavy atom. The van der Waals surface area contributed by atoms with Crippen molar-refractivity contribution in [1.29, 1.82) is 0 Å². The SMILES string of the molecule is C1CCC2(CC1)CC[C@@H]1C[C@@H]12. The molecule has 3 saturated carbocycles. The molecule has 0 saturated heterocycles. The van der Waals surface area contributed by atoms with Gasteiger partial charge in [-0.2, -0.15) is 0 Å². The summed E-state index contributed by atoms with van der Waals surface area (Å²) in [5.41, 5.74) is 0.906. The Hall–Kier alpha value is 0. The minimum Gasteiger partial charge on any atom is -0.0533 e. The second-order valence-electron chi connectivity index (χ2n) is 5.06. The molecule has 3 fully saturated rings. The second kappa shape index (κ2) is 2.02. The Balaban J connectivity index is 1.81. The van der Waals surface area contributed by atoms with Gasteiger partial charge in [0.15, 0.2) is 0 Å². The molecule has 0 unspecified atom stereocenters. The quantitative estimate of drug-likeness (QED) is 0.496. The van der Waals surface area contributed by atoms with Crippen molar-refractivity contribution in [1.82, 2.24) is 0 Å². The van der Waals surface area contributed by atoms with Crippen LogP contribution in [0.4, 0.5) is 0 Å². The lowest BCUT2D eigenvalue weighted by atomic mass is 9.70. The Bertz CT molecular complexity index is 165. The molecule has 0 N–H and O–H groups in total. The van der Waals surface area contributed by atoms with Gasteiger partial charge in [-0.1, -0.05) is 19.3 Å². The molecule has 0 radical (unpaired) electrons. The number of hydrogen-bond acceptors (Lipinski definition) is 0. The minimum atomic E-state index is 0.906. The van der Waals surface area contributed by atoms with Crippen LogP contribution < -0.4 is 0 Å². The summed E-state index contributed by atoms with van der Waals surface area (Å²) >= 11 is 0. The van der Waals surface area contributed by atoms with Gasteiger partial charge in [-0.15, -0.1) is 0 Å². The molecule has 2 atom stereocenters. The van der Waals surface area contributed by atoms with Gasteiger partial charge >= 0.3 is 0 Å². The van der Waals surface area contributed by atoms with Crippen molar-refractivity contribution in [3.63, 3.8) is 0 Å². The highest BCUT2D eigenvalue weighted by Gasteiger charge is 2.56. The molecule has 11 heavy (non-hydrogen) atoms. The summed E-state index contributed by atoms with van der Waals surface area (Å²) in [7, 11) is 0. The molecular weight excluding hydrogens is 132 g/mol. The number of rotatable bonds is 0. The summed E-state index contributed by atoms with van der Waals surface area (Å²) in [5.74, 6) is 2.41. The lowest BCUT2D eigenvalue weighted by molar-refractivity contribution is 0.164. The van der Waals surface area contributed by atoms with E-state index >= 15 is 0 Å². The van der Waals surface area contributed by atoms with Crippen molar-refractivity contribution in [2.75, 3.05) is 0 Å². The van der Waals surface area contributed by atoms with Gasteiger partial charge < -0.3 is 0 Å². The topological polar surface area (TPSA) is 0 Å². The zero-order chi connectivity index (χ0) is 7.31. The van der Waals surface area contributed by atoms with E-state index in [1.54, 1.807) is 44.9 Å². The first-order chi connectivity index (χ1) is 5.41. The Morgan fingerprint density at radius 1 is 0.909 bits per heavy atom. The van der Waals surface area contributed by atoms with Crippen LogP contribution in [0, 0.1) is 17.3 Å². The maximum Gasteiger partial charge on any atom is -0.0266 e. The van der Waals surface area contributed by atoms with Gasteiger partial charge in [0, 0.05) is 0 Å². The molecule has 1 spiro atoms. The van der Waals surface area contributed by atoms with Crippen LogP contribution >= 0.6 is 0 Å².